The van der Waals surface area contributed by atoms with Crippen LogP contribution >= 0.6 is 31.9 Å². The summed E-state index contributed by atoms with van der Waals surface area (Å²) in [5, 5.41) is 0.828. The molecule has 0 aliphatic rings. The first-order valence-electron chi connectivity index (χ1n) is 6.09. The number of hydrogen-bond donors (Lipinski definition) is 0. The maximum absolute atomic E-state index is 12.1. The highest BCUT2D eigenvalue weighted by Gasteiger charge is 2.12. The Balaban J connectivity index is 2.32. The molecule has 1 unspecified atom stereocenters. The van der Waals surface area contributed by atoms with Crippen LogP contribution in [-0.4, -0.2) is 9.90 Å². The van der Waals surface area contributed by atoms with Crippen molar-refractivity contribution in [3.8, 4) is 0 Å². The van der Waals surface area contributed by atoms with Gasteiger partial charge in [-0.3, -0.25) is 4.79 Å². The number of aryl methyl sites for hydroxylation is 1. The SMILES string of the molecule is Cc1cc(Br)cn(CC(CBr)c2ccccc2)c1=O. The van der Waals surface area contributed by atoms with E-state index in [1.807, 2.05) is 37.4 Å². The van der Waals surface area contributed by atoms with Crippen LogP contribution in [-0.2, 0) is 6.54 Å². The highest BCUT2D eigenvalue weighted by Crippen LogP contribution is 2.20. The summed E-state index contributed by atoms with van der Waals surface area (Å²) in [6.07, 6.45) is 1.86. The van der Waals surface area contributed by atoms with Crippen LogP contribution in [0.5, 0.6) is 0 Å². The zero-order valence-electron chi connectivity index (χ0n) is 10.6. The van der Waals surface area contributed by atoms with Crippen LogP contribution < -0.4 is 5.56 Å². The lowest BCUT2D eigenvalue weighted by molar-refractivity contribution is 0.585. The Kier molecular flexibility index (Phi) is 4.99. The molecule has 1 heterocycles. The molecule has 4 heteroatoms. The average Bonchev–Trinajstić information content (AvgIpc) is 2.42. The molecule has 2 rings (SSSR count). The van der Waals surface area contributed by atoms with E-state index in [-0.39, 0.29) is 11.5 Å². The largest absolute Gasteiger partial charge is 0.314 e. The van der Waals surface area contributed by atoms with Crippen LogP contribution in [0.2, 0.25) is 0 Å². The first-order chi connectivity index (χ1) is 9.11. The Labute approximate surface area is 129 Å². The minimum Gasteiger partial charge on any atom is -0.314 e. The van der Waals surface area contributed by atoms with Gasteiger partial charge in [-0.25, -0.2) is 0 Å². The van der Waals surface area contributed by atoms with E-state index in [2.05, 4.69) is 44.0 Å². The van der Waals surface area contributed by atoms with E-state index in [9.17, 15) is 4.79 Å². The van der Waals surface area contributed by atoms with Crippen molar-refractivity contribution in [3.05, 3.63) is 68.5 Å². The first kappa shape index (κ1) is 14.5. The van der Waals surface area contributed by atoms with Crippen molar-refractivity contribution in [2.75, 3.05) is 5.33 Å². The summed E-state index contributed by atoms with van der Waals surface area (Å²) in [6.45, 7) is 2.52. The molecule has 0 fully saturated rings. The van der Waals surface area contributed by atoms with E-state index in [1.165, 1.54) is 5.56 Å². The van der Waals surface area contributed by atoms with Gasteiger partial charge in [-0.05, 0) is 34.5 Å². The summed E-state index contributed by atoms with van der Waals surface area (Å²) in [4.78, 5) is 12.1. The average molecular weight is 385 g/mol. The second-order valence-electron chi connectivity index (χ2n) is 4.56. The first-order valence-corrected chi connectivity index (χ1v) is 8.00. The number of nitrogens with zero attached hydrogens (tertiary/aromatic N) is 1. The second-order valence-corrected chi connectivity index (χ2v) is 6.12. The van der Waals surface area contributed by atoms with Crippen molar-refractivity contribution < 1.29 is 0 Å². The Morgan fingerprint density at radius 2 is 1.95 bits per heavy atom. The summed E-state index contributed by atoms with van der Waals surface area (Å²) in [5.74, 6) is 0.285. The van der Waals surface area contributed by atoms with Gasteiger partial charge in [-0.15, -0.1) is 0 Å². The summed E-state index contributed by atoms with van der Waals surface area (Å²) >= 11 is 6.99. The maximum Gasteiger partial charge on any atom is 0.253 e. The van der Waals surface area contributed by atoms with Crippen LogP contribution in [0.3, 0.4) is 0 Å². The zero-order chi connectivity index (χ0) is 13.8. The molecule has 0 amide bonds. The molecule has 0 aliphatic heterocycles. The predicted octanol–water partition coefficient (Wildman–Crippen LogP) is 4.10. The topological polar surface area (TPSA) is 22.0 Å². The number of halogens is 2. The smallest absolute Gasteiger partial charge is 0.253 e. The van der Waals surface area contributed by atoms with Crippen LogP contribution in [0.25, 0.3) is 0 Å². The van der Waals surface area contributed by atoms with Crippen molar-refractivity contribution in [2.24, 2.45) is 0 Å². The Bertz CT molecular complexity index is 607. The van der Waals surface area contributed by atoms with Crippen LogP contribution in [0.4, 0.5) is 0 Å². The third kappa shape index (κ3) is 3.57. The summed E-state index contributed by atoms with van der Waals surface area (Å²) < 4.78 is 2.71. The molecule has 2 aromatic rings. The highest BCUT2D eigenvalue weighted by molar-refractivity contribution is 9.10. The minimum absolute atomic E-state index is 0.0741. The molecule has 0 radical (unpaired) electrons. The van der Waals surface area contributed by atoms with E-state index in [4.69, 9.17) is 0 Å². The van der Waals surface area contributed by atoms with E-state index < -0.39 is 0 Å². The molecule has 1 aromatic carbocycles. The van der Waals surface area contributed by atoms with Crippen molar-refractivity contribution in [2.45, 2.75) is 19.4 Å². The number of benzene rings is 1. The van der Waals surface area contributed by atoms with Gasteiger partial charge in [0.25, 0.3) is 5.56 Å². The van der Waals surface area contributed by atoms with E-state index in [1.54, 1.807) is 4.57 Å². The van der Waals surface area contributed by atoms with Crippen LogP contribution in [0.15, 0.2) is 51.9 Å². The van der Waals surface area contributed by atoms with E-state index in [0.717, 1.165) is 15.4 Å². The van der Waals surface area contributed by atoms with Crippen molar-refractivity contribution in [1.29, 1.82) is 0 Å². The lowest BCUT2D eigenvalue weighted by Crippen LogP contribution is -2.25. The monoisotopic (exact) mass is 383 g/mol. The molecule has 0 bridgehead atoms. The van der Waals surface area contributed by atoms with Gasteiger partial charge >= 0.3 is 0 Å². The standard InChI is InChI=1S/C15H15Br2NO/c1-11-7-14(17)10-18(15(11)19)9-13(8-16)12-5-3-2-4-6-12/h2-7,10,13H,8-9H2,1H3. The van der Waals surface area contributed by atoms with Gasteiger partial charge in [0.05, 0.1) is 0 Å². The zero-order valence-corrected chi connectivity index (χ0v) is 13.8. The van der Waals surface area contributed by atoms with Crippen molar-refractivity contribution in [1.82, 2.24) is 4.57 Å². The summed E-state index contributed by atoms with van der Waals surface area (Å²) in [7, 11) is 0. The van der Waals surface area contributed by atoms with Gasteiger partial charge in [0.15, 0.2) is 0 Å². The Morgan fingerprint density at radius 1 is 1.26 bits per heavy atom. The fourth-order valence-corrected chi connectivity index (χ4v) is 3.25. The highest BCUT2D eigenvalue weighted by atomic mass is 79.9. The third-order valence-corrected chi connectivity index (χ3v) is 4.32. The number of hydrogen-bond acceptors (Lipinski definition) is 1. The molecular weight excluding hydrogens is 370 g/mol. The van der Waals surface area contributed by atoms with Gasteiger partial charge in [0.1, 0.15) is 0 Å². The summed E-state index contributed by atoms with van der Waals surface area (Å²) in [5.41, 5.74) is 2.07. The van der Waals surface area contributed by atoms with E-state index in [0.29, 0.717) is 6.54 Å². The molecule has 1 aromatic heterocycles. The molecule has 100 valence electrons. The summed E-state index contributed by atoms with van der Waals surface area (Å²) in [6, 6.07) is 12.1. The molecule has 0 N–H and O–H groups in total. The number of aromatic nitrogens is 1. The van der Waals surface area contributed by atoms with Gasteiger partial charge in [-0.2, -0.15) is 0 Å². The minimum atomic E-state index is 0.0741. The number of pyridine rings is 1. The van der Waals surface area contributed by atoms with Gasteiger partial charge < -0.3 is 4.57 Å². The fourth-order valence-electron chi connectivity index (χ4n) is 2.08. The van der Waals surface area contributed by atoms with Gasteiger partial charge in [-0.1, -0.05) is 46.3 Å². The lowest BCUT2D eigenvalue weighted by Gasteiger charge is -2.17. The lowest BCUT2D eigenvalue weighted by atomic mass is 10.0. The van der Waals surface area contributed by atoms with Gasteiger partial charge in [0.2, 0.25) is 0 Å². The molecule has 0 saturated heterocycles. The van der Waals surface area contributed by atoms with Gasteiger partial charge in [0, 0.05) is 34.0 Å². The van der Waals surface area contributed by atoms with Crippen LogP contribution in [0.1, 0.15) is 17.0 Å². The molecule has 19 heavy (non-hydrogen) atoms. The molecule has 2 nitrogen and oxygen atoms in total. The molecule has 0 saturated carbocycles. The third-order valence-electron chi connectivity index (χ3n) is 3.11. The normalized spacial score (nSPS) is 12.4. The number of alkyl halides is 1. The molecule has 0 aliphatic carbocycles. The maximum atomic E-state index is 12.1. The second kappa shape index (κ2) is 6.53. The van der Waals surface area contributed by atoms with E-state index >= 15 is 0 Å². The molecule has 1 atom stereocenters. The molecular formula is C15H15Br2NO. The quantitative estimate of drug-likeness (QED) is 0.727. The fraction of sp³-hybridized carbons (Fsp3) is 0.267. The van der Waals surface area contributed by atoms with Crippen molar-refractivity contribution in [3.63, 3.8) is 0 Å². The Hall–Kier alpha value is -0.870. The van der Waals surface area contributed by atoms with Crippen molar-refractivity contribution >= 4 is 31.9 Å². The molecule has 0 spiro atoms. The number of rotatable bonds is 4. The predicted molar refractivity (Wildman–Crippen MR) is 86.1 cm³/mol. The Morgan fingerprint density at radius 3 is 2.58 bits per heavy atom. The van der Waals surface area contributed by atoms with Crippen LogP contribution in [0, 0.1) is 6.92 Å².